The van der Waals surface area contributed by atoms with Gasteiger partial charge in [-0.2, -0.15) is 0 Å². The first-order chi connectivity index (χ1) is 13.0. The van der Waals surface area contributed by atoms with E-state index in [0.29, 0.717) is 6.42 Å². The van der Waals surface area contributed by atoms with Crippen LogP contribution in [0.25, 0.3) is 0 Å². The Morgan fingerprint density at radius 1 is 1.15 bits per heavy atom. The number of rotatable bonds is 12. The molecule has 1 rings (SSSR count). The molecule has 4 atom stereocenters. The molecule has 5 nitrogen and oxygen atoms in total. The molecule has 0 heterocycles. The van der Waals surface area contributed by atoms with Crippen molar-refractivity contribution >= 4 is 11.8 Å². The maximum atomic E-state index is 12.1. The molecule has 27 heavy (non-hydrogen) atoms. The minimum atomic E-state index is -0.965. The normalized spacial score (nSPS) is 24.9. The maximum Gasteiger partial charge on any atom is 0.303 e. The second kappa shape index (κ2) is 13.2. The molecule has 3 N–H and O–H groups in total. The summed E-state index contributed by atoms with van der Waals surface area (Å²) in [5, 5.41) is 28.6. The predicted molar refractivity (Wildman–Crippen MR) is 106 cm³/mol. The quantitative estimate of drug-likeness (QED) is 0.453. The van der Waals surface area contributed by atoms with Crippen LogP contribution in [0.4, 0.5) is 0 Å². The van der Waals surface area contributed by atoms with Gasteiger partial charge in [0.15, 0.2) is 0 Å². The lowest BCUT2D eigenvalue weighted by atomic mass is 9.90. The zero-order chi connectivity index (χ0) is 20.1. The molecular weight excluding hydrogens is 344 g/mol. The van der Waals surface area contributed by atoms with Crippen LogP contribution in [0.15, 0.2) is 48.6 Å². The van der Waals surface area contributed by atoms with Crippen LogP contribution in [0.3, 0.4) is 0 Å². The van der Waals surface area contributed by atoms with Gasteiger partial charge in [0.05, 0.1) is 12.2 Å². The first-order valence-electron chi connectivity index (χ1n) is 9.69. The van der Waals surface area contributed by atoms with Crippen molar-refractivity contribution in [1.82, 2.24) is 0 Å². The van der Waals surface area contributed by atoms with Crippen LogP contribution in [0.2, 0.25) is 0 Å². The SMILES string of the molecule is CC/C=C\C/C=C\C/C=C\C[C@H]1[C@H](/C=C/[C@H](O)CCC(=O)O)C(=O)C[C@@H]1O. The molecule has 0 aromatic heterocycles. The fraction of sp³-hybridized carbons (Fsp3) is 0.545. The Balaban J connectivity index is 2.48. The van der Waals surface area contributed by atoms with Crippen molar-refractivity contribution in [2.45, 2.75) is 64.1 Å². The molecule has 1 fully saturated rings. The largest absolute Gasteiger partial charge is 0.481 e. The average Bonchev–Trinajstić information content (AvgIpc) is 2.89. The fourth-order valence-electron chi connectivity index (χ4n) is 3.10. The number of aliphatic carboxylic acids is 1. The minimum absolute atomic E-state index is 0.0369. The van der Waals surface area contributed by atoms with Gasteiger partial charge in [0, 0.05) is 24.7 Å². The molecule has 0 aromatic rings. The molecule has 0 spiro atoms. The molecule has 0 saturated heterocycles. The van der Waals surface area contributed by atoms with E-state index in [0.717, 1.165) is 19.3 Å². The number of Topliss-reactive ketones (excluding diaryl/α,β-unsaturated/α-hetero) is 1. The number of allylic oxidation sites excluding steroid dienone is 7. The van der Waals surface area contributed by atoms with Gasteiger partial charge < -0.3 is 15.3 Å². The lowest BCUT2D eigenvalue weighted by Gasteiger charge is -2.17. The molecule has 1 aliphatic rings. The van der Waals surface area contributed by atoms with E-state index in [9.17, 15) is 19.8 Å². The van der Waals surface area contributed by atoms with E-state index in [1.807, 2.05) is 12.2 Å². The molecule has 1 aliphatic carbocycles. The van der Waals surface area contributed by atoms with Gasteiger partial charge in [-0.15, -0.1) is 0 Å². The number of ketones is 1. The topological polar surface area (TPSA) is 94.8 Å². The van der Waals surface area contributed by atoms with E-state index < -0.39 is 24.1 Å². The summed E-state index contributed by atoms with van der Waals surface area (Å²) < 4.78 is 0. The fourth-order valence-corrected chi connectivity index (χ4v) is 3.10. The first kappa shape index (κ1) is 23.1. The summed E-state index contributed by atoms with van der Waals surface area (Å²) in [5.74, 6) is -1.63. The smallest absolute Gasteiger partial charge is 0.303 e. The van der Waals surface area contributed by atoms with Crippen molar-refractivity contribution in [3.05, 3.63) is 48.6 Å². The van der Waals surface area contributed by atoms with E-state index in [2.05, 4.69) is 31.2 Å². The van der Waals surface area contributed by atoms with Crippen molar-refractivity contribution in [2.75, 3.05) is 0 Å². The summed E-state index contributed by atoms with van der Waals surface area (Å²) in [4.78, 5) is 22.6. The first-order valence-corrected chi connectivity index (χ1v) is 9.69. The van der Waals surface area contributed by atoms with Crippen molar-refractivity contribution in [2.24, 2.45) is 11.8 Å². The maximum absolute atomic E-state index is 12.1. The molecule has 0 radical (unpaired) electrons. The number of aliphatic hydroxyl groups is 2. The zero-order valence-corrected chi connectivity index (χ0v) is 16.0. The van der Waals surface area contributed by atoms with Crippen LogP contribution in [0, 0.1) is 11.8 Å². The summed E-state index contributed by atoms with van der Waals surface area (Å²) in [6, 6.07) is 0. The Bertz CT molecular complexity index is 573. The lowest BCUT2D eigenvalue weighted by Crippen LogP contribution is -2.19. The predicted octanol–water partition coefficient (Wildman–Crippen LogP) is 3.58. The van der Waals surface area contributed by atoms with Crippen molar-refractivity contribution < 1.29 is 24.9 Å². The van der Waals surface area contributed by atoms with E-state index in [1.165, 1.54) is 6.08 Å². The number of carbonyl (C=O) groups is 2. The Hall–Kier alpha value is -1.98. The van der Waals surface area contributed by atoms with E-state index >= 15 is 0 Å². The third-order valence-electron chi connectivity index (χ3n) is 4.62. The molecule has 0 aromatic carbocycles. The molecule has 0 amide bonds. The molecule has 0 bridgehead atoms. The van der Waals surface area contributed by atoms with Gasteiger partial charge in [-0.1, -0.05) is 55.5 Å². The molecular formula is C22H32O5. The van der Waals surface area contributed by atoms with Gasteiger partial charge in [-0.25, -0.2) is 0 Å². The zero-order valence-electron chi connectivity index (χ0n) is 16.0. The third-order valence-corrected chi connectivity index (χ3v) is 4.62. The van der Waals surface area contributed by atoms with Crippen molar-refractivity contribution in [3.63, 3.8) is 0 Å². The van der Waals surface area contributed by atoms with Crippen LogP contribution in [0.1, 0.15) is 51.9 Å². The standard InChI is InChI=1S/C22H32O5/c1-2-3-4-5-6-7-8-9-10-11-18-19(21(25)16-20(18)24)14-12-17(23)13-15-22(26)27/h3-4,6-7,9-10,12,14,17-20,23-24H,2,5,8,11,13,15-16H2,1H3,(H,26,27)/b4-3-,7-6-,10-9-,14-12+/t17-,18-,19-,20-/m0/s1. The second-order valence-electron chi connectivity index (χ2n) is 6.84. The Labute approximate surface area is 161 Å². The highest BCUT2D eigenvalue weighted by Gasteiger charge is 2.39. The molecule has 5 heteroatoms. The van der Waals surface area contributed by atoms with Crippen LogP contribution in [-0.2, 0) is 9.59 Å². The number of aliphatic hydroxyl groups excluding tert-OH is 2. The summed E-state index contributed by atoms with van der Waals surface area (Å²) in [7, 11) is 0. The number of hydrogen-bond donors (Lipinski definition) is 3. The van der Waals surface area contributed by atoms with Gasteiger partial charge in [0.2, 0.25) is 0 Å². The van der Waals surface area contributed by atoms with Gasteiger partial charge in [-0.05, 0) is 32.1 Å². The van der Waals surface area contributed by atoms with E-state index in [-0.39, 0.29) is 31.0 Å². The van der Waals surface area contributed by atoms with Crippen molar-refractivity contribution in [1.29, 1.82) is 0 Å². The summed E-state index contributed by atoms with van der Waals surface area (Å²) in [6.45, 7) is 2.10. The Kier molecular flexibility index (Phi) is 11.3. The molecule has 150 valence electrons. The van der Waals surface area contributed by atoms with E-state index in [4.69, 9.17) is 5.11 Å². The number of carbonyl (C=O) groups excluding carboxylic acids is 1. The summed E-state index contributed by atoms with van der Waals surface area (Å²) >= 11 is 0. The van der Waals surface area contributed by atoms with Gasteiger partial charge in [0.1, 0.15) is 5.78 Å². The second-order valence-corrected chi connectivity index (χ2v) is 6.84. The highest BCUT2D eigenvalue weighted by atomic mass is 16.4. The van der Waals surface area contributed by atoms with Gasteiger partial charge >= 0.3 is 5.97 Å². The van der Waals surface area contributed by atoms with Crippen LogP contribution >= 0.6 is 0 Å². The summed E-state index contributed by atoms with van der Waals surface area (Å²) in [5.41, 5.74) is 0. The molecule has 1 saturated carbocycles. The van der Waals surface area contributed by atoms with E-state index in [1.54, 1.807) is 6.08 Å². The van der Waals surface area contributed by atoms with Crippen LogP contribution in [-0.4, -0.2) is 39.3 Å². The van der Waals surface area contributed by atoms with Gasteiger partial charge in [-0.3, -0.25) is 9.59 Å². The van der Waals surface area contributed by atoms with Crippen LogP contribution in [0.5, 0.6) is 0 Å². The number of hydrogen-bond acceptors (Lipinski definition) is 4. The van der Waals surface area contributed by atoms with Crippen LogP contribution < -0.4 is 0 Å². The summed E-state index contributed by atoms with van der Waals surface area (Å²) in [6.07, 6.45) is 17.5. The molecule has 0 unspecified atom stereocenters. The monoisotopic (exact) mass is 376 g/mol. The van der Waals surface area contributed by atoms with Gasteiger partial charge in [0.25, 0.3) is 0 Å². The molecule has 0 aliphatic heterocycles. The Morgan fingerprint density at radius 3 is 2.41 bits per heavy atom. The lowest BCUT2D eigenvalue weighted by molar-refractivity contribution is -0.137. The highest BCUT2D eigenvalue weighted by molar-refractivity contribution is 5.86. The van der Waals surface area contributed by atoms with Crippen molar-refractivity contribution in [3.8, 4) is 0 Å². The number of carboxylic acids is 1. The number of carboxylic acid groups (broad SMARTS) is 1. The minimum Gasteiger partial charge on any atom is -0.481 e. The Morgan fingerprint density at radius 2 is 1.78 bits per heavy atom. The average molecular weight is 376 g/mol. The third kappa shape index (κ3) is 9.50. The highest BCUT2D eigenvalue weighted by Crippen LogP contribution is 2.33.